The number of aliphatic hydroxyl groups is 1. The van der Waals surface area contributed by atoms with Gasteiger partial charge in [-0.25, -0.2) is 0 Å². The number of hydrogen-bond donors (Lipinski definition) is 1. The average Bonchev–Trinajstić information content (AvgIpc) is 2.89. The molecule has 0 bridgehead atoms. The fourth-order valence-corrected chi connectivity index (χ4v) is 4.70. The van der Waals surface area contributed by atoms with Crippen molar-refractivity contribution < 1.29 is 9.84 Å². The second-order valence-electron chi connectivity index (χ2n) is 9.15. The van der Waals surface area contributed by atoms with E-state index in [1.165, 1.54) is 0 Å². The van der Waals surface area contributed by atoms with E-state index in [9.17, 15) is 5.11 Å². The first-order valence-electron chi connectivity index (χ1n) is 11.8. The highest BCUT2D eigenvalue weighted by atomic mass is 16.5. The molecule has 0 radical (unpaired) electrons. The van der Waals surface area contributed by atoms with Gasteiger partial charge in [0.1, 0.15) is 5.75 Å². The van der Waals surface area contributed by atoms with Gasteiger partial charge in [0.2, 0.25) is 0 Å². The number of anilines is 3. The molecule has 5 rings (SSSR count). The lowest BCUT2D eigenvalue weighted by molar-refractivity contribution is 0.0792. The molecule has 35 heavy (non-hydrogen) atoms. The molecule has 3 heteroatoms. The summed E-state index contributed by atoms with van der Waals surface area (Å²) in [6.07, 6.45) is 0. The summed E-state index contributed by atoms with van der Waals surface area (Å²) in [5.41, 5.74) is 5.16. The van der Waals surface area contributed by atoms with Crippen LogP contribution < -0.4 is 9.64 Å². The monoisotopic (exact) mass is 459 g/mol. The van der Waals surface area contributed by atoms with Gasteiger partial charge in [-0.2, -0.15) is 0 Å². The standard InChI is InChI=1S/C32H29NO2/c1-32(2,34)30-20-18-25(35-3)22-29(30)27-19-21-31(28-17-11-10-16-26(27)28)33(23-12-6-4-7-13-23)24-14-8-5-9-15-24/h4-22,34H,1-3H3. The summed E-state index contributed by atoms with van der Waals surface area (Å²) in [4.78, 5) is 2.29. The molecule has 5 aromatic rings. The lowest BCUT2D eigenvalue weighted by Gasteiger charge is -2.28. The minimum atomic E-state index is -0.999. The van der Waals surface area contributed by atoms with Crippen LogP contribution in [-0.4, -0.2) is 12.2 Å². The lowest BCUT2D eigenvalue weighted by Crippen LogP contribution is -2.17. The largest absolute Gasteiger partial charge is 0.497 e. The number of nitrogens with zero attached hydrogens (tertiary/aromatic N) is 1. The lowest BCUT2D eigenvalue weighted by atomic mass is 9.87. The van der Waals surface area contributed by atoms with E-state index in [1.54, 1.807) is 7.11 Å². The van der Waals surface area contributed by atoms with Crippen LogP contribution in [0.4, 0.5) is 17.1 Å². The minimum Gasteiger partial charge on any atom is -0.497 e. The van der Waals surface area contributed by atoms with E-state index >= 15 is 0 Å². The van der Waals surface area contributed by atoms with Gasteiger partial charge in [-0.15, -0.1) is 0 Å². The van der Waals surface area contributed by atoms with Crippen LogP contribution in [0.2, 0.25) is 0 Å². The fourth-order valence-electron chi connectivity index (χ4n) is 4.70. The number of methoxy groups -OCH3 is 1. The van der Waals surface area contributed by atoms with Crippen LogP contribution in [0.15, 0.2) is 115 Å². The Morgan fingerprint density at radius 1 is 0.629 bits per heavy atom. The van der Waals surface area contributed by atoms with E-state index in [4.69, 9.17) is 4.74 Å². The molecule has 0 unspecified atom stereocenters. The number of fused-ring (bicyclic) bond motifs is 1. The number of para-hydroxylation sites is 2. The zero-order chi connectivity index (χ0) is 24.4. The van der Waals surface area contributed by atoms with Gasteiger partial charge in [0.15, 0.2) is 0 Å². The Kier molecular flexibility index (Phi) is 6.02. The second kappa shape index (κ2) is 9.28. The highest BCUT2D eigenvalue weighted by molar-refractivity contribution is 6.06. The predicted molar refractivity (Wildman–Crippen MR) is 146 cm³/mol. The van der Waals surface area contributed by atoms with Gasteiger partial charge in [-0.1, -0.05) is 72.8 Å². The molecule has 0 aliphatic heterocycles. The smallest absolute Gasteiger partial charge is 0.119 e. The van der Waals surface area contributed by atoms with Crippen molar-refractivity contribution in [3.05, 3.63) is 121 Å². The first-order valence-corrected chi connectivity index (χ1v) is 11.8. The maximum Gasteiger partial charge on any atom is 0.119 e. The quantitative estimate of drug-likeness (QED) is 0.278. The number of rotatable bonds is 6. The maximum atomic E-state index is 11.0. The van der Waals surface area contributed by atoms with Crippen LogP contribution >= 0.6 is 0 Å². The molecule has 1 N–H and O–H groups in total. The topological polar surface area (TPSA) is 32.7 Å². The average molecular weight is 460 g/mol. The Bertz CT molecular complexity index is 1410. The van der Waals surface area contributed by atoms with Crippen LogP contribution in [0, 0.1) is 0 Å². The van der Waals surface area contributed by atoms with Gasteiger partial charge < -0.3 is 14.7 Å². The highest BCUT2D eigenvalue weighted by Gasteiger charge is 2.23. The molecule has 0 aliphatic carbocycles. The number of hydrogen-bond acceptors (Lipinski definition) is 3. The summed E-state index contributed by atoms with van der Waals surface area (Å²) < 4.78 is 5.54. The summed E-state index contributed by atoms with van der Waals surface area (Å²) in [6.45, 7) is 3.64. The third-order valence-corrected chi connectivity index (χ3v) is 6.35. The Hall–Kier alpha value is -4.08. The first kappa shape index (κ1) is 22.7. The zero-order valence-electron chi connectivity index (χ0n) is 20.3. The van der Waals surface area contributed by atoms with Gasteiger partial charge in [0, 0.05) is 16.8 Å². The Balaban J connectivity index is 1.79. The molecule has 0 saturated heterocycles. The molecule has 5 aromatic carbocycles. The SMILES string of the molecule is COc1ccc(C(C)(C)O)c(-c2ccc(N(c3ccccc3)c3ccccc3)c3ccccc23)c1. The molecule has 0 aromatic heterocycles. The van der Waals surface area contributed by atoms with E-state index in [1.807, 2.05) is 44.2 Å². The summed E-state index contributed by atoms with van der Waals surface area (Å²) in [5.74, 6) is 0.761. The minimum absolute atomic E-state index is 0.761. The van der Waals surface area contributed by atoms with Crippen molar-refractivity contribution in [2.75, 3.05) is 12.0 Å². The fraction of sp³-hybridized carbons (Fsp3) is 0.125. The van der Waals surface area contributed by atoms with Gasteiger partial charge in [0.25, 0.3) is 0 Å². The van der Waals surface area contributed by atoms with Gasteiger partial charge >= 0.3 is 0 Å². The third-order valence-electron chi connectivity index (χ3n) is 6.35. The second-order valence-corrected chi connectivity index (χ2v) is 9.15. The normalized spacial score (nSPS) is 11.4. The van der Waals surface area contributed by atoms with Crippen molar-refractivity contribution >= 4 is 27.8 Å². The molecule has 0 fully saturated rings. The van der Waals surface area contributed by atoms with Gasteiger partial charge in [-0.05, 0) is 78.4 Å². The van der Waals surface area contributed by atoms with Crippen LogP contribution in [0.3, 0.4) is 0 Å². The predicted octanol–water partition coefficient (Wildman–Crippen LogP) is 8.21. The summed E-state index contributed by atoms with van der Waals surface area (Å²) in [7, 11) is 1.67. The van der Waals surface area contributed by atoms with Crippen molar-refractivity contribution in [2.24, 2.45) is 0 Å². The number of ether oxygens (including phenoxy) is 1. The van der Waals surface area contributed by atoms with Gasteiger partial charge in [-0.3, -0.25) is 0 Å². The van der Waals surface area contributed by atoms with E-state index in [2.05, 4.69) is 89.8 Å². The van der Waals surface area contributed by atoms with E-state index in [-0.39, 0.29) is 0 Å². The molecule has 0 amide bonds. The summed E-state index contributed by atoms with van der Waals surface area (Å²) >= 11 is 0. The molecule has 0 saturated carbocycles. The number of benzene rings is 5. The highest BCUT2D eigenvalue weighted by Crippen LogP contribution is 2.44. The molecule has 0 spiro atoms. The molecule has 174 valence electrons. The van der Waals surface area contributed by atoms with Crippen LogP contribution in [-0.2, 0) is 5.60 Å². The zero-order valence-corrected chi connectivity index (χ0v) is 20.3. The molecular weight excluding hydrogens is 430 g/mol. The van der Waals surface area contributed by atoms with Crippen molar-refractivity contribution in [2.45, 2.75) is 19.4 Å². The van der Waals surface area contributed by atoms with Crippen molar-refractivity contribution in [3.63, 3.8) is 0 Å². The van der Waals surface area contributed by atoms with Crippen molar-refractivity contribution in [3.8, 4) is 16.9 Å². The van der Waals surface area contributed by atoms with Crippen molar-refractivity contribution in [1.29, 1.82) is 0 Å². The van der Waals surface area contributed by atoms with Crippen LogP contribution in [0.25, 0.3) is 21.9 Å². The van der Waals surface area contributed by atoms with E-state index in [0.717, 1.165) is 50.3 Å². The Morgan fingerprint density at radius 2 is 1.20 bits per heavy atom. The molecule has 0 atom stereocenters. The summed E-state index contributed by atoms with van der Waals surface area (Å²) in [6, 6.07) is 39.5. The Labute approximate surface area is 206 Å². The summed E-state index contributed by atoms with van der Waals surface area (Å²) in [5, 5.41) is 13.2. The maximum absolute atomic E-state index is 11.0. The first-order chi connectivity index (χ1) is 17.0. The molecule has 0 aliphatic rings. The van der Waals surface area contributed by atoms with Crippen molar-refractivity contribution in [1.82, 2.24) is 0 Å². The third kappa shape index (κ3) is 4.39. The van der Waals surface area contributed by atoms with E-state index in [0.29, 0.717) is 0 Å². The molecule has 3 nitrogen and oxygen atoms in total. The molecular formula is C32H29NO2. The Morgan fingerprint density at radius 3 is 1.77 bits per heavy atom. The van der Waals surface area contributed by atoms with Crippen LogP contribution in [0.1, 0.15) is 19.4 Å². The van der Waals surface area contributed by atoms with Gasteiger partial charge in [0.05, 0.1) is 18.4 Å². The molecule has 0 heterocycles. The van der Waals surface area contributed by atoms with E-state index < -0.39 is 5.60 Å². The van der Waals surface area contributed by atoms with Crippen LogP contribution in [0.5, 0.6) is 5.75 Å².